The van der Waals surface area contributed by atoms with Crippen molar-refractivity contribution in [1.82, 2.24) is 0 Å². The summed E-state index contributed by atoms with van der Waals surface area (Å²) < 4.78 is 0. The molecule has 0 aliphatic rings. The van der Waals surface area contributed by atoms with E-state index in [0.29, 0.717) is 5.92 Å². The van der Waals surface area contributed by atoms with Gasteiger partial charge in [0.15, 0.2) is 0 Å². The Morgan fingerprint density at radius 2 is 1.81 bits per heavy atom. The van der Waals surface area contributed by atoms with E-state index in [1.54, 1.807) is 0 Å². The molecule has 1 rings (SSSR count). The Balaban J connectivity index is 2.85. The van der Waals surface area contributed by atoms with Gasteiger partial charge >= 0.3 is 0 Å². The highest BCUT2D eigenvalue weighted by molar-refractivity contribution is 5.65. The molecule has 0 heterocycles. The predicted octanol–water partition coefficient (Wildman–Crippen LogP) is 5.40. The summed E-state index contributed by atoms with van der Waals surface area (Å²) in [7, 11) is 0. The van der Waals surface area contributed by atoms with Crippen LogP contribution in [0.4, 0.5) is 0 Å². The summed E-state index contributed by atoms with van der Waals surface area (Å²) in [5.74, 6) is 0.675. The number of allylic oxidation sites excluding steroid dienone is 2. The second-order valence-electron chi connectivity index (χ2n) is 4.50. The Hall–Kier alpha value is -1.04. The van der Waals surface area contributed by atoms with Crippen LogP contribution in [-0.4, -0.2) is 0 Å². The van der Waals surface area contributed by atoms with E-state index in [9.17, 15) is 0 Å². The van der Waals surface area contributed by atoms with Crippen LogP contribution in [0, 0.1) is 0 Å². The second kappa shape index (κ2) is 6.52. The summed E-state index contributed by atoms with van der Waals surface area (Å²) in [5, 5.41) is 0. The maximum absolute atomic E-state index is 2.29. The van der Waals surface area contributed by atoms with Crippen LogP contribution in [0.3, 0.4) is 0 Å². The van der Waals surface area contributed by atoms with Crippen LogP contribution in [0.5, 0.6) is 0 Å². The van der Waals surface area contributed by atoms with Crippen LogP contribution in [-0.2, 0) is 0 Å². The molecule has 16 heavy (non-hydrogen) atoms. The molecule has 1 aromatic carbocycles. The van der Waals surface area contributed by atoms with Gasteiger partial charge in [0.05, 0.1) is 0 Å². The zero-order valence-electron chi connectivity index (χ0n) is 11.1. The molecule has 0 aliphatic heterocycles. The summed E-state index contributed by atoms with van der Waals surface area (Å²) in [6.07, 6.45) is 5.85. The van der Waals surface area contributed by atoms with Gasteiger partial charge in [0.25, 0.3) is 0 Å². The van der Waals surface area contributed by atoms with Crippen molar-refractivity contribution in [2.45, 2.75) is 52.9 Å². The van der Waals surface area contributed by atoms with E-state index in [2.05, 4.69) is 58.0 Å². The van der Waals surface area contributed by atoms with E-state index in [1.165, 1.54) is 36.0 Å². The topological polar surface area (TPSA) is 0 Å². The standard InChI is InChI=1S/C16H24/c1-5-8-14(7-3)16-11-9-15(10-12-16)13(4)6-2/h7,9-13H,5-6,8H2,1-4H3. The van der Waals surface area contributed by atoms with Crippen LogP contribution in [0.1, 0.15) is 64.0 Å². The lowest BCUT2D eigenvalue weighted by molar-refractivity contribution is 0.733. The van der Waals surface area contributed by atoms with Crippen molar-refractivity contribution in [1.29, 1.82) is 0 Å². The van der Waals surface area contributed by atoms with Gasteiger partial charge in [-0.25, -0.2) is 0 Å². The molecule has 0 bridgehead atoms. The number of rotatable bonds is 5. The molecule has 0 spiro atoms. The Morgan fingerprint density at radius 3 is 2.25 bits per heavy atom. The summed E-state index contributed by atoms with van der Waals surface area (Å²) in [6.45, 7) is 8.90. The van der Waals surface area contributed by atoms with Crippen molar-refractivity contribution < 1.29 is 0 Å². The predicted molar refractivity (Wildman–Crippen MR) is 73.7 cm³/mol. The minimum Gasteiger partial charge on any atom is -0.0838 e. The fraction of sp³-hybridized carbons (Fsp3) is 0.500. The van der Waals surface area contributed by atoms with Gasteiger partial charge in [0, 0.05) is 0 Å². The molecule has 1 atom stereocenters. The molecule has 0 saturated heterocycles. The molecule has 1 aromatic rings. The zero-order chi connectivity index (χ0) is 12.0. The van der Waals surface area contributed by atoms with E-state index < -0.39 is 0 Å². The van der Waals surface area contributed by atoms with Crippen LogP contribution >= 0.6 is 0 Å². The fourth-order valence-electron chi connectivity index (χ4n) is 1.99. The van der Waals surface area contributed by atoms with Gasteiger partial charge in [-0.15, -0.1) is 0 Å². The molecule has 0 N–H and O–H groups in total. The van der Waals surface area contributed by atoms with Gasteiger partial charge in [0.2, 0.25) is 0 Å². The van der Waals surface area contributed by atoms with Gasteiger partial charge in [-0.2, -0.15) is 0 Å². The fourth-order valence-corrected chi connectivity index (χ4v) is 1.99. The van der Waals surface area contributed by atoms with Crippen LogP contribution < -0.4 is 0 Å². The monoisotopic (exact) mass is 216 g/mol. The van der Waals surface area contributed by atoms with Gasteiger partial charge < -0.3 is 0 Å². The minimum atomic E-state index is 0.675. The molecule has 0 amide bonds. The first-order valence-corrected chi connectivity index (χ1v) is 6.48. The summed E-state index contributed by atoms with van der Waals surface area (Å²) in [4.78, 5) is 0. The van der Waals surface area contributed by atoms with E-state index in [0.717, 1.165) is 0 Å². The number of hydrogen-bond acceptors (Lipinski definition) is 0. The molecular formula is C16H24. The van der Waals surface area contributed by atoms with E-state index >= 15 is 0 Å². The van der Waals surface area contributed by atoms with Crippen molar-refractivity contribution in [2.75, 3.05) is 0 Å². The third-order valence-corrected chi connectivity index (χ3v) is 3.33. The number of hydrogen-bond donors (Lipinski definition) is 0. The van der Waals surface area contributed by atoms with Gasteiger partial charge in [0.1, 0.15) is 0 Å². The molecule has 1 unspecified atom stereocenters. The minimum absolute atomic E-state index is 0.675. The molecule has 0 fully saturated rings. The third kappa shape index (κ3) is 3.23. The van der Waals surface area contributed by atoms with Crippen LogP contribution in [0.15, 0.2) is 30.3 Å². The molecule has 0 radical (unpaired) electrons. The zero-order valence-corrected chi connectivity index (χ0v) is 11.1. The summed E-state index contributed by atoms with van der Waals surface area (Å²) in [5.41, 5.74) is 4.31. The molecule has 0 nitrogen and oxygen atoms in total. The average Bonchev–Trinajstić information content (AvgIpc) is 2.35. The maximum Gasteiger partial charge on any atom is -0.0193 e. The Labute approximate surface area is 100 Å². The maximum atomic E-state index is 2.29. The highest BCUT2D eigenvalue weighted by Gasteiger charge is 2.04. The molecule has 88 valence electrons. The van der Waals surface area contributed by atoms with E-state index in [1.807, 2.05) is 0 Å². The smallest absolute Gasteiger partial charge is 0.0193 e. The lowest BCUT2D eigenvalue weighted by Gasteiger charge is -2.11. The SMILES string of the molecule is CC=C(CCC)c1ccc(C(C)CC)cc1. The first-order chi connectivity index (χ1) is 7.72. The molecule has 0 aliphatic carbocycles. The van der Waals surface area contributed by atoms with Crippen molar-refractivity contribution in [3.63, 3.8) is 0 Å². The normalized spacial score (nSPS) is 13.9. The van der Waals surface area contributed by atoms with Gasteiger partial charge in [-0.1, -0.05) is 57.5 Å². The first-order valence-electron chi connectivity index (χ1n) is 6.48. The highest BCUT2D eigenvalue weighted by atomic mass is 14.1. The Bertz CT molecular complexity index is 330. The second-order valence-corrected chi connectivity index (χ2v) is 4.50. The largest absolute Gasteiger partial charge is 0.0838 e. The van der Waals surface area contributed by atoms with Crippen molar-refractivity contribution >= 4 is 5.57 Å². The Morgan fingerprint density at radius 1 is 1.19 bits per heavy atom. The molecule has 0 aromatic heterocycles. The lowest BCUT2D eigenvalue weighted by Crippen LogP contribution is -1.92. The van der Waals surface area contributed by atoms with Crippen LogP contribution in [0.25, 0.3) is 5.57 Å². The lowest BCUT2D eigenvalue weighted by atomic mass is 9.94. The quantitative estimate of drug-likeness (QED) is 0.618. The van der Waals surface area contributed by atoms with Crippen molar-refractivity contribution in [3.05, 3.63) is 41.5 Å². The molecular weight excluding hydrogens is 192 g/mol. The average molecular weight is 216 g/mol. The van der Waals surface area contributed by atoms with Gasteiger partial charge in [-0.3, -0.25) is 0 Å². The van der Waals surface area contributed by atoms with Gasteiger partial charge in [-0.05, 0) is 42.4 Å². The van der Waals surface area contributed by atoms with E-state index in [4.69, 9.17) is 0 Å². The molecule has 0 heteroatoms. The number of benzene rings is 1. The van der Waals surface area contributed by atoms with Crippen LogP contribution in [0.2, 0.25) is 0 Å². The summed E-state index contributed by atoms with van der Waals surface area (Å²) >= 11 is 0. The summed E-state index contributed by atoms with van der Waals surface area (Å²) in [6, 6.07) is 9.10. The third-order valence-electron chi connectivity index (χ3n) is 3.33. The Kier molecular flexibility index (Phi) is 5.31. The van der Waals surface area contributed by atoms with Crippen molar-refractivity contribution in [3.8, 4) is 0 Å². The first kappa shape index (κ1) is 13.0. The molecule has 0 saturated carbocycles. The van der Waals surface area contributed by atoms with E-state index in [-0.39, 0.29) is 0 Å². The highest BCUT2D eigenvalue weighted by Crippen LogP contribution is 2.24. The van der Waals surface area contributed by atoms with Crippen molar-refractivity contribution in [2.24, 2.45) is 0 Å².